The molecule has 112 valence electrons. The van der Waals surface area contributed by atoms with E-state index in [-0.39, 0.29) is 11.5 Å². The molecule has 1 aliphatic heterocycles. The quantitative estimate of drug-likeness (QED) is 0.758. The third-order valence-corrected chi connectivity index (χ3v) is 3.57. The van der Waals surface area contributed by atoms with Crippen LogP contribution in [0.5, 0.6) is 0 Å². The van der Waals surface area contributed by atoms with Gasteiger partial charge in [0.1, 0.15) is 6.04 Å². The second-order valence-electron chi connectivity index (χ2n) is 4.87. The predicted octanol–water partition coefficient (Wildman–Crippen LogP) is 1.05. The molecule has 0 radical (unpaired) electrons. The first-order valence-corrected chi connectivity index (χ1v) is 6.60. The van der Waals surface area contributed by atoms with Crippen molar-refractivity contribution in [2.45, 2.75) is 19.9 Å². The van der Waals surface area contributed by atoms with E-state index in [0.29, 0.717) is 24.3 Å². The minimum absolute atomic E-state index is 0.136. The standard InChI is InChI=1S/C14H17N3O4/c1-8-10(13(19)20)4-3-5-11(8)16-14(21)17-7-6-15-12(18)9(17)2/h3-5,9H,6-7H2,1-2H3,(H,15,18)(H,16,21)(H,19,20). The molecule has 7 nitrogen and oxygen atoms in total. The van der Waals surface area contributed by atoms with Crippen LogP contribution in [0.15, 0.2) is 18.2 Å². The highest BCUT2D eigenvalue weighted by Crippen LogP contribution is 2.20. The summed E-state index contributed by atoms with van der Waals surface area (Å²) in [6.45, 7) is 4.10. The summed E-state index contributed by atoms with van der Waals surface area (Å²) >= 11 is 0. The SMILES string of the molecule is Cc1c(NC(=O)N2CCNC(=O)C2C)cccc1C(=O)O. The van der Waals surface area contributed by atoms with Gasteiger partial charge in [0.2, 0.25) is 5.91 Å². The number of carboxylic acid groups (broad SMARTS) is 1. The van der Waals surface area contributed by atoms with E-state index in [2.05, 4.69) is 10.6 Å². The van der Waals surface area contributed by atoms with Gasteiger partial charge in [0.25, 0.3) is 0 Å². The monoisotopic (exact) mass is 291 g/mol. The average Bonchev–Trinajstić information content (AvgIpc) is 2.43. The fraction of sp³-hybridized carbons (Fsp3) is 0.357. The molecular formula is C14H17N3O4. The molecule has 0 aliphatic carbocycles. The smallest absolute Gasteiger partial charge is 0.336 e. The van der Waals surface area contributed by atoms with Crippen molar-refractivity contribution in [2.75, 3.05) is 18.4 Å². The molecule has 3 N–H and O–H groups in total. The summed E-state index contributed by atoms with van der Waals surface area (Å²) in [5.41, 5.74) is 1.04. The molecule has 0 bridgehead atoms. The van der Waals surface area contributed by atoms with E-state index in [9.17, 15) is 14.4 Å². The lowest BCUT2D eigenvalue weighted by Crippen LogP contribution is -2.56. The maximum atomic E-state index is 12.2. The summed E-state index contributed by atoms with van der Waals surface area (Å²) in [6, 6.07) is 3.71. The van der Waals surface area contributed by atoms with Gasteiger partial charge in [-0.3, -0.25) is 4.79 Å². The predicted molar refractivity (Wildman–Crippen MR) is 76.3 cm³/mol. The van der Waals surface area contributed by atoms with Gasteiger partial charge >= 0.3 is 12.0 Å². The van der Waals surface area contributed by atoms with Gasteiger partial charge in [-0.15, -0.1) is 0 Å². The lowest BCUT2D eigenvalue weighted by molar-refractivity contribution is -0.126. The average molecular weight is 291 g/mol. The summed E-state index contributed by atoms with van der Waals surface area (Å²) in [4.78, 5) is 36.3. The molecule has 0 aromatic heterocycles. The molecule has 7 heteroatoms. The van der Waals surface area contributed by atoms with Crippen LogP contribution in [0.1, 0.15) is 22.8 Å². The number of urea groups is 1. The Morgan fingerprint density at radius 1 is 1.43 bits per heavy atom. The Bertz CT molecular complexity index is 600. The molecule has 1 fully saturated rings. The number of rotatable bonds is 2. The van der Waals surface area contributed by atoms with Crippen LogP contribution in [0.2, 0.25) is 0 Å². The van der Waals surface area contributed by atoms with E-state index in [1.807, 2.05) is 0 Å². The van der Waals surface area contributed by atoms with Crippen LogP contribution in [0.25, 0.3) is 0 Å². The molecule has 1 unspecified atom stereocenters. The van der Waals surface area contributed by atoms with Crippen molar-refractivity contribution in [1.29, 1.82) is 0 Å². The van der Waals surface area contributed by atoms with Crippen molar-refractivity contribution in [1.82, 2.24) is 10.2 Å². The summed E-state index contributed by atoms with van der Waals surface area (Å²) in [7, 11) is 0. The highest BCUT2D eigenvalue weighted by atomic mass is 16.4. The molecule has 1 aromatic rings. The fourth-order valence-electron chi connectivity index (χ4n) is 2.25. The van der Waals surface area contributed by atoms with Gasteiger partial charge in [-0.1, -0.05) is 6.07 Å². The minimum Gasteiger partial charge on any atom is -0.478 e. The topological polar surface area (TPSA) is 98.7 Å². The largest absolute Gasteiger partial charge is 0.478 e. The van der Waals surface area contributed by atoms with E-state index in [1.165, 1.54) is 11.0 Å². The molecule has 1 saturated heterocycles. The van der Waals surface area contributed by atoms with Crippen LogP contribution in [-0.4, -0.2) is 47.0 Å². The zero-order valence-corrected chi connectivity index (χ0v) is 11.8. The van der Waals surface area contributed by atoms with Crippen LogP contribution < -0.4 is 10.6 Å². The molecule has 3 amide bonds. The Kier molecular flexibility index (Phi) is 4.11. The summed E-state index contributed by atoms with van der Waals surface area (Å²) in [5, 5.41) is 14.4. The highest BCUT2D eigenvalue weighted by molar-refractivity contribution is 5.97. The number of nitrogens with zero attached hydrogens (tertiary/aromatic N) is 1. The Morgan fingerprint density at radius 3 is 2.81 bits per heavy atom. The zero-order valence-electron chi connectivity index (χ0n) is 11.8. The van der Waals surface area contributed by atoms with Gasteiger partial charge in [0.05, 0.1) is 5.56 Å². The third-order valence-electron chi connectivity index (χ3n) is 3.57. The Labute approximate surface area is 121 Å². The van der Waals surface area contributed by atoms with Gasteiger partial charge < -0.3 is 20.6 Å². The maximum absolute atomic E-state index is 12.2. The zero-order chi connectivity index (χ0) is 15.6. The number of aromatic carboxylic acids is 1. The van der Waals surface area contributed by atoms with E-state index in [0.717, 1.165) is 0 Å². The summed E-state index contributed by atoms with van der Waals surface area (Å²) in [6.07, 6.45) is 0. The van der Waals surface area contributed by atoms with E-state index in [1.54, 1.807) is 26.0 Å². The summed E-state index contributed by atoms with van der Waals surface area (Å²) < 4.78 is 0. The number of nitrogens with one attached hydrogen (secondary N) is 2. The molecule has 1 atom stereocenters. The van der Waals surface area contributed by atoms with Crippen LogP contribution in [0.4, 0.5) is 10.5 Å². The Balaban J connectivity index is 2.18. The maximum Gasteiger partial charge on any atom is 0.336 e. The van der Waals surface area contributed by atoms with Crippen molar-refractivity contribution >= 4 is 23.6 Å². The van der Waals surface area contributed by atoms with Crippen LogP contribution in [0.3, 0.4) is 0 Å². The van der Waals surface area contributed by atoms with Gasteiger partial charge in [-0.2, -0.15) is 0 Å². The van der Waals surface area contributed by atoms with E-state index < -0.39 is 18.0 Å². The molecule has 21 heavy (non-hydrogen) atoms. The third kappa shape index (κ3) is 2.96. The van der Waals surface area contributed by atoms with Crippen LogP contribution in [0, 0.1) is 6.92 Å². The second-order valence-corrected chi connectivity index (χ2v) is 4.87. The van der Waals surface area contributed by atoms with Gasteiger partial charge in [0.15, 0.2) is 0 Å². The number of piperazine rings is 1. The number of hydrogen-bond acceptors (Lipinski definition) is 3. The number of carbonyl (C=O) groups excluding carboxylic acids is 2. The molecule has 1 heterocycles. The normalized spacial score (nSPS) is 18.1. The number of amides is 3. The number of carboxylic acids is 1. The fourth-order valence-corrected chi connectivity index (χ4v) is 2.25. The number of carbonyl (C=O) groups is 3. The highest BCUT2D eigenvalue weighted by Gasteiger charge is 2.29. The Hall–Kier alpha value is -2.57. The van der Waals surface area contributed by atoms with Crippen LogP contribution >= 0.6 is 0 Å². The Morgan fingerprint density at radius 2 is 2.14 bits per heavy atom. The first-order chi connectivity index (χ1) is 9.91. The van der Waals surface area contributed by atoms with Crippen molar-refractivity contribution in [3.63, 3.8) is 0 Å². The van der Waals surface area contributed by atoms with Crippen molar-refractivity contribution < 1.29 is 19.5 Å². The lowest BCUT2D eigenvalue weighted by Gasteiger charge is -2.32. The molecular weight excluding hydrogens is 274 g/mol. The second kappa shape index (κ2) is 5.82. The van der Waals surface area contributed by atoms with Crippen molar-refractivity contribution in [3.8, 4) is 0 Å². The van der Waals surface area contributed by atoms with Gasteiger partial charge in [-0.05, 0) is 31.5 Å². The van der Waals surface area contributed by atoms with Crippen LogP contribution in [-0.2, 0) is 4.79 Å². The first-order valence-electron chi connectivity index (χ1n) is 6.60. The first kappa shape index (κ1) is 14.8. The van der Waals surface area contributed by atoms with E-state index >= 15 is 0 Å². The van der Waals surface area contributed by atoms with Gasteiger partial charge in [-0.25, -0.2) is 9.59 Å². The number of hydrogen-bond donors (Lipinski definition) is 3. The minimum atomic E-state index is -1.05. The molecule has 2 rings (SSSR count). The molecule has 0 saturated carbocycles. The number of benzene rings is 1. The molecule has 1 aromatic carbocycles. The van der Waals surface area contributed by atoms with E-state index in [4.69, 9.17) is 5.11 Å². The van der Waals surface area contributed by atoms with Crippen molar-refractivity contribution in [3.05, 3.63) is 29.3 Å². The lowest BCUT2D eigenvalue weighted by atomic mass is 10.1. The molecule has 1 aliphatic rings. The molecule has 0 spiro atoms. The summed E-state index contributed by atoms with van der Waals surface area (Å²) in [5.74, 6) is -1.25. The number of anilines is 1. The van der Waals surface area contributed by atoms with Gasteiger partial charge in [0, 0.05) is 18.8 Å². The van der Waals surface area contributed by atoms with Crippen molar-refractivity contribution in [2.24, 2.45) is 0 Å².